The number of ether oxygens (including phenoxy) is 4. The predicted molar refractivity (Wildman–Crippen MR) is 327 cm³/mol. The molecule has 1 saturated heterocycles. The zero-order valence-electron chi connectivity index (χ0n) is 48.5. The summed E-state index contributed by atoms with van der Waals surface area (Å²) in [6.45, 7) is 3.25. The molecule has 6 aromatic carbocycles. The van der Waals surface area contributed by atoms with Crippen molar-refractivity contribution >= 4 is 87.9 Å². The van der Waals surface area contributed by atoms with Crippen LogP contribution in [0.15, 0.2) is 136 Å². The van der Waals surface area contributed by atoms with Crippen LogP contribution in [0, 0.1) is 6.92 Å². The van der Waals surface area contributed by atoms with Gasteiger partial charge in [0.25, 0.3) is 23.6 Å². The molecule has 0 unspecified atom stereocenters. The molecule has 5 amide bonds. The molecule has 0 saturated carbocycles. The fraction of sp³-hybridized carbons (Fsp3) is 0.313. The van der Waals surface area contributed by atoms with Gasteiger partial charge in [-0.15, -0.1) is 5.06 Å². The number of unbranched alkanes of at least 4 members (excludes halogenated alkanes) is 2. The standard InChI is InChI=1S/C67H66N8O12/c1-42-29-52-55(69-38-49-33-46-15-9-11-19-57(46)73(49)66(52)81)36-59(42)85-40-43-30-44(41-86-61-37-56-53(35-60(61)83-2)67(82)74-50(39-70-56)34-47-16-10-12-20-58(47)74)32-48(31-43)68-26-28-84-27-25-51(76)17-7-4-8-18-54(45-13-5-3-6-14-45)71-72-62(77)21-24-65(80)87-75-63(78)22-23-64(75)79/h3,5-6,9-16,19-20,29-32,35-39,49-50,68H,4,7-8,17-18,21-28,33-34,40-41H2,1-2H3,(H,72,77)/b71-54-/t49-,50-/m0/s1. The highest BCUT2D eigenvalue weighted by Crippen LogP contribution is 2.42. The molecule has 5 heterocycles. The molecule has 20 nitrogen and oxygen atoms in total. The molecule has 2 N–H and O–H groups in total. The number of para-hydroxylation sites is 2. The normalized spacial score (nSPS) is 16.3. The molecule has 0 spiro atoms. The van der Waals surface area contributed by atoms with Gasteiger partial charge in [-0.05, 0) is 102 Å². The van der Waals surface area contributed by atoms with Crippen LogP contribution < -0.4 is 34.8 Å². The average Bonchev–Trinajstić information content (AvgIpc) is 3.13. The fourth-order valence-electron chi connectivity index (χ4n) is 11.3. The summed E-state index contributed by atoms with van der Waals surface area (Å²) in [4.78, 5) is 107. The van der Waals surface area contributed by atoms with Gasteiger partial charge in [0, 0.05) is 93.1 Å². The van der Waals surface area contributed by atoms with Crippen molar-refractivity contribution in [3.8, 4) is 17.2 Å². The van der Waals surface area contributed by atoms with Gasteiger partial charge in [-0.2, -0.15) is 5.10 Å². The lowest BCUT2D eigenvalue weighted by atomic mass is 10.0. The number of anilines is 3. The molecular weight excluding hydrogens is 1110 g/mol. The summed E-state index contributed by atoms with van der Waals surface area (Å²) in [5.74, 6) is -1.37. The molecule has 5 aliphatic heterocycles. The lowest BCUT2D eigenvalue weighted by Crippen LogP contribution is -2.37. The number of aliphatic imine (C=N–C) groups is 2. The number of methoxy groups -OCH3 is 1. The number of hydrogen-bond acceptors (Lipinski definition) is 16. The molecule has 20 heteroatoms. The Kier molecular flexibility index (Phi) is 18.3. The molecule has 87 heavy (non-hydrogen) atoms. The van der Waals surface area contributed by atoms with Gasteiger partial charge in [-0.3, -0.25) is 48.6 Å². The number of hydrazone groups is 1. The molecule has 0 bridgehead atoms. The van der Waals surface area contributed by atoms with E-state index in [2.05, 4.69) is 21.9 Å². The van der Waals surface area contributed by atoms with Crippen molar-refractivity contribution in [2.75, 3.05) is 42.0 Å². The Morgan fingerprint density at radius 1 is 0.621 bits per heavy atom. The van der Waals surface area contributed by atoms with Gasteiger partial charge in [0.15, 0.2) is 11.5 Å². The number of aryl methyl sites for hydroxylation is 1. The topological polar surface area (TPSA) is 236 Å². The van der Waals surface area contributed by atoms with Gasteiger partial charge in [0.05, 0.1) is 67.0 Å². The Morgan fingerprint density at radius 2 is 1.22 bits per heavy atom. The van der Waals surface area contributed by atoms with E-state index in [1.54, 1.807) is 17.0 Å². The van der Waals surface area contributed by atoms with E-state index < -0.39 is 23.7 Å². The summed E-state index contributed by atoms with van der Waals surface area (Å²) in [5, 5.41) is 8.26. The molecule has 11 rings (SSSR count). The van der Waals surface area contributed by atoms with Crippen molar-refractivity contribution in [2.24, 2.45) is 15.1 Å². The third-order valence-corrected chi connectivity index (χ3v) is 15.8. The molecule has 446 valence electrons. The van der Waals surface area contributed by atoms with Gasteiger partial charge in [0.1, 0.15) is 24.7 Å². The van der Waals surface area contributed by atoms with Crippen LogP contribution in [0.5, 0.6) is 17.2 Å². The number of hydrogen-bond donors (Lipinski definition) is 2. The van der Waals surface area contributed by atoms with E-state index in [-0.39, 0.29) is 81.6 Å². The monoisotopic (exact) mass is 1170 g/mol. The van der Waals surface area contributed by atoms with Crippen molar-refractivity contribution in [1.82, 2.24) is 10.5 Å². The van der Waals surface area contributed by atoms with Crippen molar-refractivity contribution in [3.63, 3.8) is 0 Å². The van der Waals surface area contributed by atoms with Crippen LogP contribution in [0.3, 0.4) is 0 Å². The summed E-state index contributed by atoms with van der Waals surface area (Å²) in [6.07, 6.45) is 7.70. The minimum Gasteiger partial charge on any atom is -0.493 e. The van der Waals surface area contributed by atoms with Gasteiger partial charge in [-0.25, -0.2) is 10.2 Å². The predicted octanol–water partition coefficient (Wildman–Crippen LogP) is 9.98. The molecule has 1 fully saturated rings. The van der Waals surface area contributed by atoms with E-state index in [4.69, 9.17) is 33.8 Å². The summed E-state index contributed by atoms with van der Waals surface area (Å²) in [7, 11) is 1.54. The second kappa shape index (κ2) is 27.0. The first-order chi connectivity index (χ1) is 42.4. The molecule has 6 aromatic rings. The van der Waals surface area contributed by atoms with Crippen molar-refractivity contribution in [3.05, 3.63) is 166 Å². The van der Waals surface area contributed by atoms with E-state index in [0.29, 0.717) is 102 Å². The average molecular weight is 1180 g/mol. The SMILES string of the molecule is COc1cc2c(cc1OCc1cc(COc3cc4c(cc3C)C(=O)N3c5ccccc5C[C@H]3C=N4)cc(NCCOCCC(=O)CCCCC/C(=N/NC(=O)CCC(=O)ON3C(=O)CCC3=O)c3ccccc3)c1)N=C[C@@H]1Cc3ccccc3N1C2=O. The Bertz CT molecular complexity index is 3730. The maximum atomic E-state index is 14.1. The third kappa shape index (κ3) is 13.8. The van der Waals surface area contributed by atoms with Crippen LogP contribution in [-0.2, 0) is 59.6 Å². The van der Waals surface area contributed by atoms with Crippen LogP contribution >= 0.6 is 0 Å². The smallest absolute Gasteiger partial charge is 0.333 e. The number of amides is 5. The number of fused-ring (bicyclic) bond motifs is 8. The largest absolute Gasteiger partial charge is 0.493 e. The number of Topliss-reactive ketones (excluding diaryl/α,β-unsaturated/α-hetero) is 1. The first kappa shape index (κ1) is 58.9. The summed E-state index contributed by atoms with van der Waals surface area (Å²) in [6, 6.07) is 37.9. The Hall–Kier alpha value is -9.82. The van der Waals surface area contributed by atoms with Crippen molar-refractivity contribution in [2.45, 2.75) is 109 Å². The molecular formula is C67H66N8O12. The Balaban J connectivity index is 0.684. The van der Waals surface area contributed by atoms with Crippen molar-refractivity contribution in [1.29, 1.82) is 0 Å². The number of benzene rings is 6. The number of carbonyl (C=O) groups excluding carboxylic acids is 7. The molecule has 2 atom stereocenters. The second-order valence-electron chi connectivity index (χ2n) is 21.9. The number of hydroxylamine groups is 2. The molecule has 5 aliphatic rings. The van der Waals surface area contributed by atoms with E-state index >= 15 is 0 Å². The first-order valence-electron chi connectivity index (χ1n) is 29.3. The third-order valence-electron chi connectivity index (χ3n) is 15.8. The van der Waals surface area contributed by atoms with Gasteiger partial charge in [0.2, 0.25) is 5.91 Å². The minimum absolute atomic E-state index is 0.0257. The number of imide groups is 1. The van der Waals surface area contributed by atoms with Gasteiger partial charge in [-0.1, -0.05) is 73.2 Å². The summed E-state index contributed by atoms with van der Waals surface area (Å²) >= 11 is 0. The quantitative estimate of drug-likeness (QED) is 0.0223. The zero-order chi connectivity index (χ0) is 60.4. The maximum absolute atomic E-state index is 14.1. The van der Waals surface area contributed by atoms with Crippen LogP contribution in [0.2, 0.25) is 0 Å². The van der Waals surface area contributed by atoms with E-state index in [0.717, 1.165) is 56.9 Å². The molecule has 0 radical (unpaired) electrons. The first-order valence-corrected chi connectivity index (χ1v) is 29.3. The van der Waals surface area contributed by atoms with Crippen LogP contribution in [0.25, 0.3) is 0 Å². The van der Waals surface area contributed by atoms with Crippen LogP contribution in [0.1, 0.15) is 118 Å². The molecule has 0 aromatic heterocycles. The van der Waals surface area contributed by atoms with E-state index in [1.165, 1.54) is 7.11 Å². The zero-order valence-corrected chi connectivity index (χ0v) is 48.5. The molecule has 0 aliphatic carbocycles. The Labute approximate surface area is 503 Å². The number of carbonyl (C=O) groups is 7. The fourth-order valence-corrected chi connectivity index (χ4v) is 11.3. The van der Waals surface area contributed by atoms with Gasteiger partial charge >= 0.3 is 5.97 Å². The lowest BCUT2D eigenvalue weighted by Gasteiger charge is -2.22. The Morgan fingerprint density at radius 3 is 1.87 bits per heavy atom. The number of ketones is 1. The van der Waals surface area contributed by atoms with E-state index in [9.17, 15) is 33.6 Å². The van der Waals surface area contributed by atoms with Gasteiger partial charge < -0.3 is 29.1 Å². The highest BCUT2D eigenvalue weighted by atomic mass is 16.7. The second-order valence-corrected chi connectivity index (χ2v) is 21.9. The van der Waals surface area contributed by atoms with Crippen LogP contribution in [0.4, 0.5) is 28.4 Å². The number of nitrogens with zero attached hydrogens (tertiary/aromatic N) is 6. The number of nitrogens with one attached hydrogen (secondary N) is 2. The van der Waals surface area contributed by atoms with Crippen molar-refractivity contribution < 1.29 is 57.3 Å². The maximum Gasteiger partial charge on any atom is 0.333 e. The highest BCUT2D eigenvalue weighted by molar-refractivity contribution is 6.16. The van der Waals surface area contributed by atoms with Crippen LogP contribution in [-0.4, -0.2) is 103 Å². The highest BCUT2D eigenvalue weighted by Gasteiger charge is 2.38. The summed E-state index contributed by atoms with van der Waals surface area (Å²) in [5.41, 5.74) is 13.1. The minimum atomic E-state index is -0.873. The number of rotatable bonds is 26. The summed E-state index contributed by atoms with van der Waals surface area (Å²) < 4.78 is 24.8. The van der Waals surface area contributed by atoms with E-state index in [1.807, 2.05) is 127 Å². The lowest BCUT2D eigenvalue weighted by molar-refractivity contribution is -0.197.